The number of H-pyrrole nitrogens is 1. The van der Waals surface area contributed by atoms with Gasteiger partial charge in [-0.25, -0.2) is 0 Å². The summed E-state index contributed by atoms with van der Waals surface area (Å²) in [5, 5.41) is 19.8. The number of likely N-dealkylation sites (tertiary alicyclic amines) is 1. The molecule has 0 bridgehead atoms. The Morgan fingerprint density at radius 3 is 2.93 bits per heavy atom. The van der Waals surface area contributed by atoms with Crippen LogP contribution in [0.2, 0.25) is 0 Å². The van der Waals surface area contributed by atoms with E-state index in [9.17, 15) is 9.90 Å². The van der Waals surface area contributed by atoms with Crippen LogP contribution < -0.4 is 0 Å². The van der Waals surface area contributed by atoms with Crippen LogP contribution in [-0.4, -0.2) is 43.7 Å². The number of hydrogen-bond acceptors (Lipinski definition) is 4. The van der Waals surface area contributed by atoms with Crippen LogP contribution in [0.4, 0.5) is 0 Å². The predicted molar refractivity (Wildman–Crippen MR) is 107 cm³/mol. The molecule has 0 unspecified atom stereocenters. The van der Waals surface area contributed by atoms with Crippen molar-refractivity contribution in [3.63, 3.8) is 0 Å². The predicted octanol–water partition coefficient (Wildman–Crippen LogP) is 3.53. The molecule has 1 aliphatic carbocycles. The number of amides is 1. The Kier molecular flexibility index (Phi) is 3.75. The highest BCUT2D eigenvalue weighted by Gasteiger charge is 2.50. The molecule has 2 aliphatic rings. The van der Waals surface area contributed by atoms with Crippen LogP contribution in [0.3, 0.4) is 0 Å². The van der Waals surface area contributed by atoms with Gasteiger partial charge in [0, 0.05) is 35.1 Å². The van der Waals surface area contributed by atoms with E-state index < -0.39 is 0 Å². The maximum Gasteiger partial charge on any atom is 0.246 e. The second-order valence-corrected chi connectivity index (χ2v) is 7.80. The molecule has 28 heavy (non-hydrogen) atoms. The smallest absolute Gasteiger partial charge is 0.246 e. The number of carbonyl (C=O) groups excluding carboxylic acids is 1. The number of benzene rings is 1. The molecule has 0 radical (unpaired) electrons. The summed E-state index contributed by atoms with van der Waals surface area (Å²) >= 11 is 0. The molecule has 2 fully saturated rings. The minimum atomic E-state index is 0.0172. The number of nitrogens with one attached hydrogen (secondary N) is 1. The van der Waals surface area contributed by atoms with Crippen LogP contribution in [0.1, 0.15) is 30.0 Å². The van der Waals surface area contributed by atoms with Crippen LogP contribution in [0.15, 0.2) is 43.0 Å². The minimum absolute atomic E-state index is 0.0172. The molecule has 1 saturated carbocycles. The Morgan fingerprint density at radius 1 is 1.32 bits per heavy atom. The van der Waals surface area contributed by atoms with Gasteiger partial charge in [0.15, 0.2) is 5.65 Å². The summed E-state index contributed by atoms with van der Waals surface area (Å²) in [5.74, 6) is 1.06. The maximum absolute atomic E-state index is 12.2. The molecule has 3 aromatic rings. The first kappa shape index (κ1) is 17.0. The van der Waals surface area contributed by atoms with E-state index in [-0.39, 0.29) is 23.6 Å². The van der Waals surface area contributed by atoms with Crippen molar-refractivity contribution in [2.75, 3.05) is 6.54 Å². The summed E-state index contributed by atoms with van der Waals surface area (Å²) in [6.45, 7) is 6.56. The molecule has 2 aromatic heterocycles. The number of aromatic amines is 1. The largest absolute Gasteiger partial charge is 0.507 e. The number of phenols is 1. The van der Waals surface area contributed by atoms with E-state index in [1.807, 2.05) is 23.1 Å². The number of aromatic hydroxyl groups is 1. The molecule has 3 atom stereocenters. The molecular weight excluding hydrogens is 352 g/mol. The van der Waals surface area contributed by atoms with Crippen LogP contribution in [0, 0.1) is 12.8 Å². The molecule has 2 N–H and O–H groups in total. The summed E-state index contributed by atoms with van der Waals surface area (Å²) in [6, 6.07) is 9.36. The lowest BCUT2D eigenvalue weighted by atomic mass is 9.84. The monoisotopic (exact) mass is 374 g/mol. The molecule has 5 rings (SSSR count). The normalized spacial score (nSPS) is 23.5. The molecule has 1 amide bonds. The lowest BCUT2D eigenvalue weighted by Crippen LogP contribution is -2.57. The molecule has 1 saturated heterocycles. The zero-order valence-corrected chi connectivity index (χ0v) is 15.7. The zero-order chi connectivity index (χ0) is 19.4. The van der Waals surface area contributed by atoms with Crippen molar-refractivity contribution in [1.29, 1.82) is 0 Å². The second-order valence-electron chi connectivity index (χ2n) is 7.80. The number of hydrogen-bond donors (Lipinski definition) is 2. The number of nitrogens with zero attached hydrogens (tertiary/aromatic N) is 3. The first-order valence-corrected chi connectivity index (χ1v) is 9.65. The Bertz CT molecular complexity index is 1100. The molecule has 1 aromatic carbocycles. The van der Waals surface area contributed by atoms with E-state index >= 15 is 0 Å². The average Bonchev–Trinajstić information content (AvgIpc) is 3.18. The molecule has 1 aliphatic heterocycles. The van der Waals surface area contributed by atoms with Crippen molar-refractivity contribution < 1.29 is 9.90 Å². The third kappa shape index (κ3) is 2.37. The van der Waals surface area contributed by atoms with Gasteiger partial charge in [0.2, 0.25) is 5.91 Å². The van der Waals surface area contributed by atoms with Crippen molar-refractivity contribution >= 4 is 16.9 Å². The Balaban J connectivity index is 1.55. The molecular formula is C22H22N4O2. The fourth-order valence-corrected chi connectivity index (χ4v) is 4.97. The van der Waals surface area contributed by atoms with Crippen LogP contribution in [-0.2, 0) is 4.79 Å². The molecule has 0 spiro atoms. The first-order valence-electron chi connectivity index (χ1n) is 9.65. The highest BCUT2D eigenvalue weighted by molar-refractivity contribution is 5.88. The molecule has 6 nitrogen and oxygen atoms in total. The van der Waals surface area contributed by atoms with Gasteiger partial charge in [0.05, 0.1) is 5.69 Å². The first-order chi connectivity index (χ1) is 13.6. The number of aryl methyl sites for hydroxylation is 1. The van der Waals surface area contributed by atoms with Gasteiger partial charge in [0.25, 0.3) is 0 Å². The number of rotatable bonds is 3. The third-order valence-corrected chi connectivity index (χ3v) is 6.40. The highest BCUT2D eigenvalue weighted by atomic mass is 16.3. The summed E-state index contributed by atoms with van der Waals surface area (Å²) in [7, 11) is 0. The maximum atomic E-state index is 12.2. The lowest BCUT2D eigenvalue weighted by molar-refractivity contribution is -0.137. The second kappa shape index (κ2) is 6.19. The molecule has 3 heterocycles. The Morgan fingerprint density at radius 2 is 2.14 bits per heavy atom. The fourth-order valence-electron chi connectivity index (χ4n) is 4.97. The summed E-state index contributed by atoms with van der Waals surface area (Å²) in [5.41, 5.74) is 4.35. The van der Waals surface area contributed by atoms with Gasteiger partial charge in [-0.2, -0.15) is 0 Å². The average molecular weight is 374 g/mol. The van der Waals surface area contributed by atoms with Gasteiger partial charge < -0.3 is 15.0 Å². The number of aromatic nitrogens is 3. The van der Waals surface area contributed by atoms with E-state index in [4.69, 9.17) is 0 Å². The summed E-state index contributed by atoms with van der Waals surface area (Å²) in [4.78, 5) is 17.6. The number of carbonyl (C=O) groups is 1. The van der Waals surface area contributed by atoms with Crippen LogP contribution in [0.25, 0.3) is 22.3 Å². The van der Waals surface area contributed by atoms with E-state index in [1.54, 1.807) is 12.1 Å². The fraction of sp³-hybridized carbons (Fsp3) is 0.318. The van der Waals surface area contributed by atoms with E-state index in [0.717, 1.165) is 41.7 Å². The Hall–Kier alpha value is -3.15. The zero-order valence-electron chi connectivity index (χ0n) is 15.7. The lowest BCUT2D eigenvalue weighted by Gasteiger charge is -2.46. The number of phenolic OH excluding ortho intramolecular Hbond substituents is 1. The van der Waals surface area contributed by atoms with Gasteiger partial charge >= 0.3 is 0 Å². The van der Waals surface area contributed by atoms with Crippen molar-refractivity contribution in [1.82, 2.24) is 20.1 Å². The van der Waals surface area contributed by atoms with Gasteiger partial charge in [-0.05, 0) is 55.5 Å². The van der Waals surface area contributed by atoms with Crippen LogP contribution in [0.5, 0.6) is 5.75 Å². The highest BCUT2D eigenvalue weighted by Crippen LogP contribution is 2.49. The third-order valence-electron chi connectivity index (χ3n) is 6.40. The van der Waals surface area contributed by atoms with Gasteiger partial charge in [0.1, 0.15) is 5.75 Å². The standard InChI is InChI=1S/C22H22N4O2/c1-3-19(28)26-11-13-8-9-15(21(13)26)20-12(2)16-10-17(24-25-22(16)23-20)14-6-4-5-7-18(14)27/h3-7,10,13,15,21,27H,1,8-9,11H2,2H3,(H,23,25)/t13-,15-,21+/m0/s1. The van der Waals surface area contributed by atoms with Gasteiger partial charge in [-0.3, -0.25) is 4.79 Å². The van der Waals surface area contributed by atoms with E-state index in [2.05, 4.69) is 28.7 Å². The van der Waals surface area contributed by atoms with Crippen molar-refractivity contribution in [2.24, 2.45) is 5.92 Å². The van der Waals surface area contributed by atoms with Crippen molar-refractivity contribution in [3.8, 4) is 17.0 Å². The Labute approximate surface area is 162 Å². The number of para-hydroxylation sites is 1. The van der Waals surface area contributed by atoms with E-state index in [1.165, 1.54) is 6.08 Å². The molecule has 142 valence electrons. The summed E-state index contributed by atoms with van der Waals surface area (Å²) in [6.07, 6.45) is 3.61. The van der Waals surface area contributed by atoms with E-state index in [0.29, 0.717) is 17.2 Å². The van der Waals surface area contributed by atoms with Gasteiger partial charge in [-0.1, -0.05) is 18.7 Å². The quantitative estimate of drug-likeness (QED) is 0.687. The topological polar surface area (TPSA) is 82.1 Å². The summed E-state index contributed by atoms with van der Waals surface area (Å²) < 4.78 is 0. The van der Waals surface area contributed by atoms with Crippen molar-refractivity contribution in [2.45, 2.75) is 31.7 Å². The van der Waals surface area contributed by atoms with Crippen LogP contribution >= 0.6 is 0 Å². The minimum Gasteiger partial charge on any atom is -0.507 e. The molecule has 6 heteroatoms. The van der Waals surface area contributed by atoms with Crippen molar-refractivity contribution in [3.05, 3.63) is 54.2 Å². The SMILES string of the molecule is C=CC(=O)N1C[C@@H]2CC[C@@H](c3[nH]c4nnc(-c5ccccc5O)cc4c3C)[C@@H]21. The number of fused-ring (bicyclic) bond motifs is 2. The van der Waals surface area contributed by atoms with Gasteiger partial charge in [-0.15, -0.1) is 10.2 Å².